The smallest absolute Gasteiger partial charge is 0.306 e. The lowest BCUT2D eigenvalue weighted by molar-refractivity contribution is -0.145. The van der Waals surface area contributed by atoms with E-state index < -0.39 is 0 Å². The van der Waals surface area contributed by atoms with Crippen LogP contribution < -0.4 is 5.73 Å². The lowest BCUT2D eigenvalue weighted by atomic mass is 10.1. The van der Waals surface area contributed by atoms with Crippen LogP contribution >= 0.6 is 0 Å². The maximum Gasteiger partial charge on any atom is 0.306 e. The number of carbonyl (C=O) groups is 1. The van der Waals surface area contributed by atoms with E-state index in [9.17, 15) is 4.79 Å². The maximum absolute atomic E-state index is 11.5. The molecule has 0 saturated carbocycles. The molecule has 0 saturated heterocycles. The second-order valence-electron chi connectivity index (χ2n) is 4.43. The topological polar surface area (TPSA) is 61.5 Å². The molecule has 1 aromatic carbocycles. The number of anilines is 1. The number of carbonyl (C=O) groups excluding carboxylic acids is 1. The number of rotatable bonds is 9. The average Bonchev–Trinajstić information content (AvgIpc) is 2.42. The monoisotopic (exact) mass is 265 g/mol. The third kappa shape index (κ3) is 7.47. The fraction of sp³-hybridized carbons (Fsp3) is 0.533. The van der Waals surface area contributed by atoms with E-state index in [-0.39, 0.29) is 5.97 Å². The van der Waals surface area contributed by atoms with Gasteiger partial charge in [0.25, 0.3) is 0 Å². The molecule has 0 aliphatic rings. The van der Waals surface area contributed by atoms with Crippen molar-refractivity contribution in [1.29, 1.82) is 0 Å². The molecule has 1 aromatic rings. The van der Waals surface area contributed by atoms with E-state index in [4.69, 9.17) is 15.2 Å². The number of benzene rings is 1. The van der Waals surface area contributed by atoms with E-state index in [2.05, 4.69) is 6.92 Å². The average molecular weight is 265 g/mol. The summed E-state index contributed by atoms with van der Waals surface area (Å²) in [5, 5.41) is 0. The van der Waals surface area contributed by atoms with Crippen molar-refractivity contribution in [2.24, 2.45) is 0 Å². The van der Waals surface area contributed by atoms with Crippen LogP contribution in [0.1, 0.15) is 31.7 Å². The van der Waals surface area contributed by atoms with Crippen LogP contribution in [0.25, 0.3) is 0 Å². The third-order valence-corrected chi connectivity index (χ3v) is 2.73. The van der Waals surface area contributed by atoms with Crippen LogP contribution in [0, 0.1) is 0 Å². The molecular weight excluding hydrogens is 242 g/mol. The largest absolute Gasteiger partial charge is 0.463 e. The number of ether oxygens (including phenoxy) is 2. The highest BCUT2D eigenvalue weighted by Crippen LogP contribution is 2.08. The highest BCUT2D eigenvalue weighted by atomic mass is 16.6. The van der Waals surface area contributed by atoms with Gasteiger partial charge in [-0.05, 0) is 30.5 Å². The van der Waals surface area contributed by atoms with Gasteiger partial charge in [-0.2, -0.15) is 0 Å². The fourth-order valence-corrected chi connectivity index (χ4v) is 1.57. The van der Waals surface area contributed by atoms with Gasteiger partial charge in [0.1, 0.15) is 6.61 Å². The van der Waals surface area contributed by atoms with Crippen molar-refractivity contribution < 1.29 is 14.3 Å². The van der Waals surface area contributed by atoms with Crippen LogP contribution in [0.3, 0.4) is 0 Å². The van der Waals surface area contributed by atoms with Gasteiger partial charge in [0.2, 0.25) is 0 Å². The van der Waals surface area contributed by atoms with Crippen LogP contribution in [-0.2, 0) is 20.7 Å². The number of hydrogen-bond acceptors (Lipinski definition) is 4. The second-order valence-corrected chi connectivity index (χ2v) is 4.43. The minimum absolute atomic E-state index is 0.184. The van der Waals surface area contributed by atoms with Gasteiger partial charge in [0.05, 0.1) is 6.61 Å². The molecule has 0 amide bonds. The Morgan fingerprint density at radius 2 is 1.89 bits per heavy atom. The standard InChI is InChI=1S/C15H23NO3/c1-2-3-10-18-11-12-19-15(17)9-6-13-4-7-14(16)8-5-13/h4-5,7-8H,2-3,6,9-12,16H2,1H3. The first kappa shape index (κ1) is 15.5. The summed E-state index contributed by atoms with van der Waals surface area (Å²) in [6.45, 7) is 3.66. The Balaban J connectivity index is 2.06. The first-order valence-corrected chi connectivity index (χ1v) is 6.80. The molecule has 0 aliphatic heterocycles. The number of unbranched alkanes of at least 4 members (excludes halogenated alkanes) is 1. The van der Waals surface area contributed by atoms with Crippen LogP contribution in [0.5, 0.6) is 0 Å². The molecular formula is C15H23NO3. The minimum Gasteiger partial charge on any atom is -0.463 e. The zero-order chi connectivity index (χ0) is 13.9. The van der Waals surface area contributed by atoms with Crippen LogP contribution in [0.4, 0.5) is 5.69 Å². The maximum atomic E-state index is 11.5. The zero-order valence-corrected chi connectivity index (χ0v) is 11.6. The zero-order valence-electron chi connectivity index (χ0n) is 11.6. The van der Waals surface area contributed by atoms with E-state index in [0.717, 1.165) is 30.7 Å². The fourth-order valence-electron chi connectivity index (χ4n) is 1.57. The summed E-state index contributed by atoms with van der Waals surface area (Å²) in [7, 11) is 0. The quantitative estimate of drug-likeness (QED) is 0.423. The van der Waals surface area contributed by atoms with Gasteiger partial charge in [-0.25, -0.2) is 0 Å². The lowest BCUT2D eigenvalue weighted by Gasteiger charge is -2.06. The SMILES string of the molecule is CCCCOCCOC(=O)CCc1ccc(N)cc1. The van der Waals surface area contributed by atoms with Crippen LogP contribution in [0.2, 0.25) is 0 Å². The van der Waals surface area contributed by atoms with Gasteiger partial charge in [-0.3, -0.25) is 4.79 Å². The minimum atomic E-state index is -0.184. The van der Waals surface area contributed by atoms with Gasteiger partial charge >= 0.3 is 5.97 Å². The van der Waals surface area contributed by atoms with Gasteiger partial charge in [0.15, 0.2) is 0 Å². The van der Waals surface area contributed by atoms with Crippen LogP contribution in [0.15, 0.2) is 24.3 Å². The molecule has 0 aliphatic carbocycles. The van der Waals surface area contributed by atoms with Crippen molar-refractivity contribution in [3.63, 3.8) is 0 Å². The first-order chi connectivity index (χ1) is 9.22. The van der Waals surface area contributed by atoms with E-state index in [0.29, 0.717) is 26.1 Å². The van der Waals surface area contributed by atoms with Crippen molar-refractivity contribution >= 4 is 11.7 Å². The van der Waals surface area contributed by atoms with Gasteiger partial charge in [-0.15, -0.1) is 0 Å². The molecule has 0 aromatic heterocycles. The highest BCUT2D eigenvalue weighted by Gasteiger charge is 2.03. The summed E-state index contributed by atoms with van der Waals surface area (Å²) < 4.78 is 10.4. The molecule has 4 heteroatoms. The van der Waals surface area contributed by atoms with Crippen LogP contribution in [-0.4, -0.2) is 25.8 Å². The summed E-state index contributed by atoms with van der Waals surface area (Å²) in [5.74, 6) is -0.184. The van der Waals surface area contributed by atoms with E-state index in [1.807, 2.05) is 24.3 Å². The lowest BCUT2D eigenvalue weighted by Crippen LogP contribution is -2.11. The Morgan fingerprint density at radius 1 is 1.16 bits per heavy atom. The van der Waals surface area contributed by atoms with Gasteiger partial charge in [-0.1, -0.05) is 25.5 Å². The van der Waals surface area contributed by atoms with Crippen molar-refractivity contribution in [2.45, 2.75) is 32.6 Å². The highest BCUT2D eigenvalue weighted by molar-refractivity contribution is 5.69. The predicted octanol–water partition coefficient (Wildman–Crippen LogP) is 2.56. The number of esters is 1. The summed E-state index contributed by atoms with van der Waals surface area (Å²) in [6.07, 6.45) is 3.22. The Hall–Kier alpha value is -1.55. The summed E-state index contributed by atoms with van der Waals surface area (Å²) in [6, 6.07) is 7.53. The summed E-state index contributed by atoms with van der Waals surface area (Å²) in [4.78, 5) is 11.5. The number of nitrogen functional groups attached to an aromatic ring is 1. The summed E-state index contributed by atoms with van der Waals surface area (Å²) in [5.41, 5.74) is 7.41. The van der Waals surface area contributed by atoms with Crippen molar-refractivity contribution in [3.8, 4) is 0 Å². The van der Waals surface area contributed by atoms with Crippen molar-refractivity contribution in [2.75, 3.05) is 25.6 Å². The molecule has 106 valence electrons. The van der Waals surface area contributed by atoms with Crippen molar-refractivity contribution in [1.82, 2.24) is 0 Å². The number of aryl methyl sites for hydroxylation is 1. The van der Waals surface area contributed by atoms with Crippen molar-refractivity contribution in [3.05, 3.63) is 29.8 Å². The second kappa shape index (κ2) is 9.39. The van der Waals surface area contributed by atoms with Gasteiger partial charge < -0.3 is 15.2 Å². The molecule has 0 unspecified atom stereocenters. The molecule has 0 radical (unpaired) electrons. The molecule has 0 fully saturated rings. The molecule has 4 nitrogen and oxygen atoms in total. The predicted molar refractivity (Wildman–Crippen MR) is 75.9 cm³/mol. The Kier molecular flexibility index (Phi) is 7.66. The number of hydrogen-bond donors (Lipinski definition) is 1. The molecule has 0 atom stereocenters. The molecule has 0 spiro atoms. The van der Waals surface area contributed by atoms with E-state index in [1.54, 1.807) is 0 Å². The molecule has 2 N–H and O–H groups in total. The van der Waals surface area contributed by atoms with E-state index in [1.165, 1.54) is 0 Å². The molecule has 0 bridgehead atoms. The molecule has 0 heterocycles. The Bertz CT molecular complexity index is 362. The third-order valence-electron chi connectivity index (χ3n) is 2.73. The normalized spacial score (nSPS) is 10.4. The molecule has 19 heavy (non-hydrogen) atoms. The van der Waals surface area contributed by atoms with E-state index >= 15 is 0 Å². The summed E-state index contributed by atoms with van der Waals surface area (Å²) >= 11 is 0. The van der Waals surface area contributed by atoms with Gasteiger partial charge in [0, 0.05) is 18.7 Å². The Morgan fingerprint density at radius 3 is 2.58 bits per heavy atom. The molecule has 1 rings (SSSR count). The number of nitrogens with two attached hydrogens (primary N) is 1. The Labute approximate surface area is 114 Å². The first-order valence-electron chi connectivity index (χ1n) is 6.80.